The number of ether oxygens (including phenoxy) is 2. The van der Waals surface area contributed by atoms with E-state index in [2.05, 4.69) is 4.98 Å². The number of urea groups is 1. The predicted molar refractivity (Wildman–Crippen MR) is 100 cm³/mol. The van der Waals surface area contributed by atoms with Gasteiger partial charge in [-0.15, -0.1) is 0 Å². The first-order valence-electron chi connectivity index (χ1n) is 9.16. The van der Waals surface area contributed by atoms with E-state index in [-0.39, 0.29) is 18.8 Å². The van der Waals surface area contributed by atoms with Gasteiger partial charge in [0.1, 0.15) is 5.82 Å². The maximum absolute atomic E-state index is 13.1. The first kappa shape index (κ1) is 21.6. The van der Waals surface area contributed by atoms with Crippen LogP contribution in [0.15, 0.2) is 48.7 Å². The Labute approximate surface area is 171 Å². The van der Waals surface area contributed by atoms with Crippen LogP contribution < -0.4 is 4.90 Å². The number of benzene rings is 1. The van der Waals surface area contributed by atoms with Crippen LogP contribution in [0.2, 0.25) is 0 Å². The Hall–Kier alpha value is -3.14. The van der Waals surface area contributed by atoms with Crippen LogP contribution in [0.25, 0.3) is 0 Å². The minimum Gasteiger partial charge on any atom is -0.436 e. The standard InChI is InChI=1S/C20H20F3N3O4/c1-3-29-17-18(30-16(27)11-13-7-5-4-6-8-13)26(19(28)25(17)2)15-12-14(9-10-24-15)20(21,22)23/h4-10,12,17-18H,3,11H2,1-2H3. The van der Waals surface area contributed by atoms with Crippen molar-refractivity contribution in [2.24, 2.45) is 0 Å². The van der Waals surface area contributed by atoms with E-state index in [4.69, 9.17) is 9.47 Å². The van der Waals surface area contributed by atoms with Crippen molar-refractivity contribution in [2.45, 2.75) is 32.0 Å². The van der Waals surface area contributed by atoms with Gasteiger partial charge < -0.3 is 9.47 Å². The van der Waals surface area contributed by atoms with Gasteiger partial charge in [-0.3, -0.25) is 9.69 Å². The van der Waals surface area contributed by atoms with Crippen LogP contribution in [0.3, 0.4) is 0 Å². The molecule has 1 saturated heterocycles. The highest BCUT2D eigenvalue weighted by molar-refractivity contribution is 5.94. The SMILES string of the molecule is CCOC1C(OC(=O)Cc2ccccc2)N(c2cc(C(F)(F)F)ccn2)C(=O)N1C. The van der Waals surface area contributed by atoms with Crippen molar-refractivity contribution < 1.29 is 32.2 Å². The highest BCUT2D eigenvalue weighted by Crippen LogP contribution is 2.34. The summed E-state index contributed by atoms with van der Waals surface area (Å²) in [4.78, 5) is 31.2. The summed E-state index contributed by atoms with van der Waals surface area (Å²) in [5.74, 6) is -0.947. The maximum atomic E-state index is 13.1. The zero-order valence-corrected chi connectivity index (χ0v) is 16.3. The van der Waals surface area contributed by atoms with Crippen molar-refractivity contribution in [1.29, 1.82) is 0 Å². The fourth-order valence-electron chi connectivity index (χ4n) is 3.08. The average molecular weight is 423 g/mol. The number of alkyl halides is 3. The average Bonchev–Trinajstić information content (AvgIpc) is 2.93. The summed E-state index contributed by atoms with van der Waals surface area (Å²) in [6.45, 7) is 1.88. The number of hydrogen-bond acceptors (Lipinski definition) is 5. The van der Waals surface area contributed by atoms with Gasteiger partial charge in [0.15, 0.2) is 6.23 Å². The van der Waals surface area contributed by atoms with Gasteiger partial charge in [0.25, 0.3) is 0 Å². The molecule has 0 radical (unpaired) electrons. The molecular formula is C20H20F3N3O4. The molecule has 0 bridgehead atoms. The topological polar surface area (TPSA) is 72.0 Å². The summed E-state index contributed by atoms with van der Waals surface area (Å²) in [6, 6.07) is 9.62. The lowest BCUT2D eigenvalue weighted by Gasteiger charge is -2.26. The Kier molecular flexibility index (Phi) is 6.25. The van der Waals surface area contributed by atoms with Crippen molar-refractivity contribution in [3.63, 3.8) is 0 Å². The van der Waals surface area contributed by atoms with Gasteiger partial charge in [-0.25, -0.2) is 14.7 Å². The van der Waals surface area contributed by atoms with E-state index >= 15 is 0 Å². The Balaban J connectivity index is 1.91. The summed E-state index contributed by atoms with van der Waals surface area (Å²) in [5.41, 5.74) is -0.283. The molecule has 2 heterocycles. The van der Waals surface area contributed by atoms with E-state index in [1.165, 1.54) is 7.05 Å². The van der Waals surface area contributed by atoms with E-state index in [9.17, 15) is 22.8 Å². The predicted octanol–water partition coefficient (Wildman–Crippen LogP) is 3.45. The number of likely N-dealkylation sites (N-methyl/N-ethyl adjacent to an activating group) is 1. The van der Waals surface area contributed by atoms with E-state index < -0.39 is 36.2 Å². The number of hydrogen-bond donors (Lipinski definition) is 0. The number of anilines is 1. The Morgan fingerprint density at radius 3 is 2.50 bits per heavy atom. The summed E-state index contributed by atoms with van der Waals surface area (Å²) < 4.78 is 50.4. The third kappa shape index (κ3) is 4.54. The molecule has 0 spiro atoms. The minimum absolute atomic E-state index is 0.0715. The molecule has 0 aliphatic carbocycles. The number of pyridine rings is 1. The zero-order chi connectivity index (χ0) is 21.9. The second kappa shape index (κ2) is 8.70. The molecule has 0 saturated carbocycles. The van der Waals surface area contributed by atoms with Crippen LogP contribution in [0.5, 0.6) is 0 Å². The smallest absolute Gasteiger partial charge is 0.416 e. The highest BCUT2D eigenvalue weighted by atomic mass is 19.4. The van der Waals surface area contributed by atoms with Crippen molar-refractivity contribution in [3.05, 3.63) is 59.8 Å². The van der Waals surface area contributed by atoms with Gasteiger partial charge in [-0.05, 0) is 24.6 Å². The fourth-order valence-corrected chi connectivity index (χ4v) is 3.08. The maximum Gasteiger partial charge on any atom is 0.416 e. The Morgan fingerprint density at radius 2 is 1.87 bits per heavy atom. The molecule has 1 aromatic carbocycles. The molecule has 3 rings (SSSR count). The van der Waals surface area contributed by atoms with Crippen molar-refractivity contribution in [1.82, 2.24) is 9.88 Å². The van der Waals surface area contributed by atoms with Crippen LogP contribution >= 0.6 is 0 Å². The number of halogens is 3. The molecule has 2 atom stereocenters. The molecule has 160 valence electrons. The molecule has 1 aliphatic rings. The number of rotatable bonds is 6. The molecule has 1 aromatic heterocycles. The normalized spacial score (nSPS) is 19.3. The first-order valence-corrected chi connectivity index (χ1v) is 9.16. The molecule has 0 N–H and O–H groups in total. The number of esters is 1. The first-order chi connectivity index (χ1) is 14.2. The van der Waals surface area contributed by atoms with Gasteiger partial charge >= 0.3 is 18.2 Å². The summed E-state index contributed by atoms with van der Waals surface area (Å²) in [7, 11) is 1.41. The molecule has 1 fully saturated rings. The highest BCUT2D eigenvalue weighted by Gasteiger charge is 2.49. The van der Waals surface area contributed by atoms with Crippen molar-refractivity contribution in [3.8, 4) is 0 Å². The second-order valence-electron chi connectivity index (χ2n) is 6.55. The Bertz CT molecular complexity index is 908. The summed E-state index contributed by atoms with van der Waals surface area (Å²) in [6.07, 6.45) is -6.04. The van der Waals surface area contributed by atoms with Crippen LogP contribution in [0, 0.1) is 0 Å². The third-order valence-corrected chi connectivity index (χ3v) is 4.49. The second-order valence-corrected chi connectivity index (χ2v) is 6.55. The van der Waals surface area contributed by atoms with Gasteiger partial charge in [-0.1, -0.05) is 30.3 Å². The van der Waals surface area contributed by atoms with E-state index in [0.717, 1.165) is 28.1 Å². The molecular weight excluding hydrogens is 403 g/mol. The monoisotopic (exact) mass is 423 g/mol. The fraction of sp³-hybridized carbons (Fsp3) is 0.350. The van der Waals surface area contributed by atoms with E-state index in [1.54, 1.807) is 37.3 Å². The Morgan fingerprint density at radius 1 is 1.17 bits per heavy atom. The quantitative estimate of drug-likeness (QED) is 0.666. The third-order valence-electron chi connectivity index (χ3n) is 4.49. The minimum atomic E-state index is -4.62. The largest absolute Gasteiger partial charge is 0.436 e. The number of amides is 2. The van der Waals surface area contributed by atoms with Gasteiger partial charge in [0.2, 0.25) is 6.23 Å². The van der Waals surface area contributed by atoms with Gasteiger partial charge in [0, 0.05) is 19.9 Å². The van der Waals surface area contributed by atoms with Crippen LogP contribution in [0.1, 0.15) is 18.1 Å². The summed E-state index contributed by atoms with van der Waals surface area (Å²) in [5, 5.41) is 0. The molecule has 30 heavy (non-hydrogen) atoms. The molecule has 2 unspecified atom stereocenters. The molecule has 1 aliphatic heterocycles. The lowest BCUT2D eigenvalue weighted by molar-refractivity contribution is -0.159. The summed E-state index contributed by atoms with van der Waals surface area (Å²) >= 11 is 0. The lowest BCUT2D eigenvalue weighted by atomic mass is 10.2. The molecule has 2 aromatic rings. The van der Waals surface area contributed by atoms with Crippen molar-refractivity contribution in [2.75, 3.05) is 18.6 Å². The van der Waals surface area contributed by atoms with E-state index in [0.29, 0.717) is 5.56 Å². The van der Waals surface area contributed by atoms with Crippen LogP contribution in [-0.2, 0) is 26.9 Å². The number of carbonyl (C=O) groups is 2. The number of carbonyl (C=O) groups excluding carboxylic acids is 2. The zero-order valence-electron chi connectivity index (χ0n) is 16.3. The van der Waals surface area contributed by atoms with Crippen LogP contribution in [-0.4, -0.2) is 48.0 Å². The number of aromatic nitrogens is 1. The molecule has 7 nitrogen and oxygen atoms in total. The lowest BCUT2D eigenvalue weighted by Crippen LogP contribution is -2.43. The van der Waals surface area contributed by atoms with E-state index in [1.807, 2.05) is 0 Å². The molecule has 2 amide bonds. The van der Waals surface area contributed by atoms with Gasteiger partial charge in [-0.2, -0.15) is 13.2 Å². The molecule has 10 heteroatoms. The van der Waals surface area contributed by atoms with Crippen molar-refractivity contribution >= 4 is 17.8 Å². The number of nitrogens with zero attached hydrogens (tertiary/aromatic N) is 3. The van der Waals surface area contributed by atoms with Gasteiger partial charge in [0.05, 0.1) is 12.0 Å². The van der Waals surface area contributed by atoms with Crippen LogP contribution in [0.4, 0.5) is 23.8 Å².